The third-order valence-electron chi connectivity index (χ3n) is 2.67. The molecule has 2 heteroatoms. The van der Waals surface area contributed by atoms with Crippen molar-refractivity contribution in [1.82, 2.24) is 5.32 Å². The minimum Gasteiger partial charge on any atom is -0.309 e. The Labute approximate surface area is 103 Å². The van der Waals surface area contributed by atoms with Gasteiger partial charge >= 0.3 is 0 Å². The number of thiophene rings is 1. The van der Waals surface area contributed by atoms with Crippen LogP contribution in [0.15, 0.2) is 11.4 Å². The summed E-state index contributed by atoms with van der Waals surface area (Å²) in [6.07, 6.45) is 9.61. The smallest absolute Gasteiger partial charge is 0.0417 e. The monoisotopic (exact) mass is 235 g/mol. The summed E-state index contributed by atoms with van der Waals surface area (Å²) in [6, 6.07) is 2.69. The van der Waals surface area contributed by atoms with Crippen molar-refractivity contribution in [2.45, 2.75) is 45.6 Å². The first-order valence-corrected chi connectivity index (χ1v) is 6.88. The van der Waals surface area contributed by atoms with Crippen molar-refractivity contribution in [3.63, 3.8) is 0 Å². The van der Waals surface area contributed by atoms with Gasteiger partial charge in [0.15, 0.2) is 0 Å². The molecule has 1 N–H and O–H groups in total. The van der Waals surface area contributed by atoms with Crippen molar-refractivity contribution in [1.29, 1.82) is 0 Å². The molecule has 1 heterocycles. The van der Waals surface area contributed by atoms with Gasteiger partial charge in [-0.25, -0.2) is 0 Å². The summed E-state index contributed by atoms with van der Waals surface area (Å²) in [5, 5.41) is 5.79. The molecule has 0 saturated carbocycles. The zero-order valence-electron chi connectivity index (χ0n) is 10.3. The van der Waals surface area contributed by atoms with Crippen LogP contribution >= 0.6 is 11.3 Å². The van der Waals surface area contributed by atoms with Crippen LogP contribution in [0.2, 0.25) is 0 Å². The number of aryl methyl sites for hydroxylation is 1. The van der Waals surface area contributed by atoms with Crippen LogP contribution in [0.4, 0.5) is 0 Å². The Hall–Kier alpha value is -0.780. The van der Waals surface area contributed by atoms with Crippen LogP contribution in [0.1, 0.15) is 49.1 Å². The molecule has 1 rings (SSSR count). The molecule has 0 bridgehead atoms. The van der Waals surface area contributed by atoms with Gasteiger partial charge in [-0.15, -0.1) is 23.7 Å². The lowest BCUT2D eigenvalue weighted by molar-refractivity contribution is 0.492. The van der Waals surface area contributed by atoms with Crippen LogP contribution in [-0.2, 0) is 0 Å². The predicted octanol–water partition coefficient (Wildman–Crippen LogP) is 3.90. The largest absolute Gasteiger partial charge is 0.309 e. The molecular formula is C14H21NS. The van der Waals surface area contributed by atoms with Gasteiger partial charge in [-0.2, -0.15) is 0 Å². The molecule has 1 aromatic heterocycles. The van der Waals surface area contributed by atoms with Crippen molar-refractivity contribution in [2.75, 3.05) is 6.54 Å². The van der Waals surface area contributed by atoms with Gasteiger partial charge in [0.2, 0.25) is 0 Å². The highest BCUT2D eigenvalue weighted by atomic mass is 32.1. The summed E-state index contributed by atoms with van der Waals surface area (Å²) in [4.78, 5) is 1.48. The van der Waals surface area contributed by atoms with Gasteiger partial charge in [-0.05, 0) is 49.7 Å². The molecule has 1 unspecified atom stereocenters. The van der Waals surface area contributed by atoms with Crippen molar-refractivity contribution < 1.29 is 0 Å². The van der Waals surface area contributed by atoms with Crippen molar-refractivity contribution in [3.8, 4) is 12.3 Å². The highest BCUT2D eigenvalue weighted by Gasteiger charge is 2.13. The molecule has 0 aliphatic rings. The number of unbranched alkanes of at least 4 members (excludes halogenated alkanes) is 1. The normalized spacial score (nSPS) is 12.3. The van der Waals surface area contributed by atoms with Gasteiger partial charge in [0.25, 0.3) is 0 Å². The van der Waals surface area contributed by atoms with Crippen LogP contribution in [0.25, 0.3) is 0 Å². The number of rotatable bonds is 7. The van der Waals surface area contributed by atoms with Gasteiger partial charge in [-0.3, -0.25) is 0 Å². The molecule has 1 aromatic rings. The summed E-state index contributed by atoms with van der Waals surface area (Å²) in [5.41, 5.74) is 1.40. The van der Waals surface area contributed by atoms with E-state index in [9.17, 15) is 0 Å². The lowest BCUT2D eigenvalue weighted by atomic mass is 10.1. The lowest BCUT2D eigenvalue weighted by Gasteiger charge is -2.17. The molecule has 0 radical (unpaired) electrons. The molecule has 1 atom stereocenters. The third-order valence-corrected chi connectivity index (χ3v) is 3.81. The van der Waals surface area contributed by atoms with E-state index in [0.717, 1.165) is 25.8 Å². The predicted molar refractivity (Wildman–Crippen MR) is 72.8 cm³/mol. The van der Waals surface area contributed by atoms with Crippen molar-refractivity contribution >= 4 is 11.3 Å². The second-order valence-electron chi connectivity index (χ2n) is 4.07. The van der Waals surface area contributed by atoms with Gasteiger partial charge in [0.05, 0.1) is 0 Å². The highest BCUT2D eigenvalue weighted by molar-refractivity contribution is 7.10. The zero-order chi connectivity index (χ0) is 11.8. The second-order valence-corrected chi connectivity index (χ2v) is 5.02. The van der Waals surface area contributed by atoms with Crippen LogP contribution in [0, 0.1) is 19.3 Å². The summed E-state index contributed by atoms with van der Waals surface area (Å²) >= 11 is 1.85. The van der Waals surface area contributed by atoms with E-state index in [4.69, 9.17) is 6.42 Å². The van der Waals surface area contributed by atoms with Gasteiger partial charge in [0, 0.05) is 17.3 Å². The quantitative estimate of drug-likeness (QED) is 0.558. The minimum atomic E-state index is 0.494. The van der Waals surface area contributed by atoms with Crippen LogP contribution in [0.5, 0.6) is 0 Å². The Morgan fingerprint density at radius 1 is 1.56 bits per heavy atom. The number of nitrogens with one attached hydrogen (secondary N) is 1. The highest BCUT2D eigenvalue weighted by Crippen LogP contribution is 2.27. The molecule has 0 aliphatic heterocycles. The first kappa shape index (κ1) is 13.3. The standard InChI is InChI=1S/C14H21NS/c1-4-6-7-8-13(15-10-5-2)14-12(3)9-11-16-14/h1,9,11,13,15H,5-8,10H2,2-3H3. The van der Waals surface area contributed by atoms with E-state index in [1.165, 1.54) is 16.9 Å². The summed E-state index contributed by atoms with van der Waals surface area (Å²) in [6.45, 7) is 5.47. The van der Waals surface area contributed by atoms with E-state index < -0.39 is 0 Å². The Morgan fingerprint density at radius 2 is 2.38 bits per heavy atom. The van der Waals surface area contributed by atoms with Crippen molar-refractivity contribution in [2.24, 2.45) is 0 Å². The Balaban J connectivity index is 2.57. The molecule has 16 heavy (non-hydrogen) atoms. The molecular weight excluding hydrogens is 214 g/mol. The topological polar surface area (TPSA) is 12.0 Å². The van der Waals surface area contributed by atoms with E-state index in [0.29, 0.717) is 6.04 Å². The maximum Gasteiger partial charge on any atom is 0.0417 e. The summed E-state index contributed by atoms with van der Waals surface area (Å²) in [7, 11) is 0. The van der Waals surface area contributed by atoms with E-state index >= 15 is 0 Å². The average molecular weight is 235 g/mol. The SMILES string of the molecule is C#CCCCC(NCCC)c1sccc1C. The lowest BCUT2D eigenvalue weighted by Crippen LogP contribution is -2.21. The molecule has 0 aliphatic carbocycles. The van der Waals surface area contributed by atoms with E-state index in [1.807, 2.05) is 11.3 Å². The Kier molecular flexibility index (Phi) is 6.22. The first-order chi connectivity index (χ1) is 7.79. The average Bonchev–Trinajstić information content (AvgIpc) is 2.70. The van der Waals surface area contributed by atoms with Crippen LogP contribution in [0.3, 0.4) is 0 Å². The van der Waals surface area contributed by atoms with Crippen LogP contribution < -0.4 is 5.32 Å². The van der Waals surface area contributed by atoms with E-state index in [1.54, 1.807) is 0 Å². The molecule has 88 valence electrons. The summed E-state index contributed by atoms with van der Waals surface area (Å²) in [5.74, 6) is 2.71. The molecule has 0 saturated heterocycles. The fourth-order valence-electron chi connectivity index (χ4n) is 1.79. The third kappa shape index (κ3) is 4.00. The van der Waals surface area contributed by atoms with Crippen LogP contribution in [-0.4, -0.2) is 6.54 Å². The number of hydrogen-bond acceptors (Lipinski definition) is 2. The van der Waals surface area contributed by atoms with E-state index in [-0.39, 0.29) is 0 Å². The molecule has 0 fully saturated rings. The molecule has 0 amide bonds. The maximum atomic E-state index is 5.30. The van der Waals surface area contributed by atoms with E-state index in [2.05, 4.69) is 36.5 Å². The van der Waals surface area contributed by atoms with Gasteiger partial charge in [-0.1, -0.05) is 6.92 Å². The Bertz CT molecular complexity index is 335. The van der Waals surface area contributed by atoms with Gasteiger partial charge < -0.3 is 5.32 Å². The molecule has 1 nitrogen and oxygen atoms in total. The Morgan fingerprint density at radius 3 is 2.94 bits per heavy atom. The number of terminal acetylenes is 1. The summed E-state index contributed by atoms with van der Waals surface area (Å²) < 4.78 is 0. The van der Waals surface area contributed by atoms with Crippen molar-refractivity contribution in [3.05, 3.63) is 21.9 Å². The zero-order valence-corrected chi connectivity index (χ0v) is 11.1. The van der Waals surface area contributed by atoms with Gasteiger partial charge in [0.1, 0.15) is 0 Å². The number of hydrogen-bond donors (Lipinski definition) is 1. The fraction of sp³-hybridized carbons (Fsp3) is 0.571. The minimum absolute atomic E-state index is 0.494. The molecule has 0 aromatic carbocycles. The maximum absolute atomic E-state index is 5.30. The molecule has 0 spiro atoms. The first-order valence-electron chi connectivity index (χ1n) is 6.00. The fourth-order valence-corrected chi connectivity index (χ4v) is 2.83. The second kappa shape index (κ2) is 7.49.